The lowest BCUT2D eigenvalue weighted by atomic mass is 9.85. The lowest BCUT2D eigenvalue weighted by Crippen LogP contribution is -2.24. The van der Waals surface area contributed by atoms with Crippen LogP contribution in [-0.4, -0.2) is 14.7 Å². The molecule has 5 heteroatoms. The van der Waals surface area contributed by atoms with Crippen molar-refractivity contribution >= 4 is 10.8 Å². The van der Waals surface area contributed by atoms with E-state index in [1.54, 1.807) is 24.7 Å². The van der Waals surface area contributed by atoms with E-state index in [4.69, 9.17) is 5.26 Å². The summed E-state index contributed by atoms with van der Waals surface area (Å²) in [6.07, 6.45) is 3.55. The summed E-state index contributed by atoms with van der Waals surface area (Å²) in [5.74, 6) is -0.452. The molecular weight excluding hydrogens is 353 g/mol. The average molecular weight is 369 g/mol. The molecule has 2 atom stereocenters. The zero-order valence-electron chi connectivity index (χ0n) is 14.9. The van der Waals surface area contributed by atoms with Crippen molar-refractivity contribution < 1.29 is 9.50 Å². The number of nitrogens with zero attached hydrogens (tertiary/aromatic N) is 3. The first kappa shape index (κ1) is 16.7. The van der Waals surface area contributed by atoms with E-state index in [2.05, 4.69) is 4.98 Å². The third-order valence-corrected chi connectivity index (χ3v) is 5.63. The molecule has 1 aliphatic rings. The molecule has 0 bridgehead atoms. The van der Waals surface area contributed by atoms with Crippen LogP contribution in [0.3, 0.4) is 0 Å². The molecule has 0 spiro atoms. The molecule has 2 heterocycles. The predicted molar refractivity (Wildman–Crippen MR) is 103 cm³/mol. The summed E-state index contributed by atoms with van der Waals surface area (Å²) in [6.45, 7) is 0. The van der Waals surface area contributed by atoms with E-state index in [0.29, 0.717) is 17.7 Å². The van der Waals surface area contributed by atoms with Gasteiger partial charge in [0.15, 0.2) is 0 Å². The third-order valence-electron chi connectivity index (χ3n) is 5.63. The Balaban J connectivity index is 1.63. The smallest absolute Gasteiger partial charge is 0.133 e. The van der Waals surface area contributed by atoms with Crippen molar-refractivity contribution in [2.75, 3.05) is 0 Å². The van der Waals surface area contributed by atoms with Gasteiger partial charge in [-0.15, -0.1) is 0 Å². The Morgan fingerprint density at radius 1 is 1.11 bits per heavy atom. The van der Waals surface area contributed by atoms with Crippen LogP contribution in [-0.2, 0) is 5.60 Å². The largest absolute Gasteiger partial charge is 0.379 e. The van der Waals surface area contributed by atoms with Crippen molar-refractivity contribution in [3.63, 3.8) is 0 Å². The SMILES string of the molecule is N#Cc1ccc(C2CC(O)(c3ccc4ccccc4c3)c3cncn32)c(F)c1. The number of hydrogen-bond donors (Lipinski definition) is 1. The van der Waals surface area contributed by atoms with Crippen LogP contribution in [0.1, 0.15) is 34.8 Å². The molecule has 1 N–H and O–H groups in total. The number of aromatic nitrogens is 2. The van der Waals surface area contributed by atoms with E-state index in [1.165, 1.54) is 6.07 Å². The number of halogens is 1. The first-order valence-electron chi connectivity index (χ1n) is 9.04. The lowest BCUT2D eigenvalue weighted by Gasteiger charge is -2.24. The van der Waals surface area contributed by atoms with Gasteiger partial charge in [0.25, 0.3) is 0 Å². The van der Waals surface area contributed by atoms with E-state index in [9.17, 15) is 9.50 Å². The van der Waals surface area contributed by atoms with Crippen LogP contribution in [0.2, 0.25) is 0 Å². The fourth-order valence-corrected chi connectivity index (χ4v) is 4.20. The van der Waals surface area contributed by atoms with Gasteiger partial charge in [0.05, 0.1) is 35.9 Å². The molecule has 0 aliphatic carbocycles. The molecule has 0 radical (unpaired) electrons. The maximum absolute atomic E-state index is 14.7. The van der Waals surface area contributed by atoms with Crippen LogP contribution in [0.4, 0.5) is 4.39 Å². The number of aliphatic hydroxyl groups is 1. The van der Waals surface area contributed by atoms with Gasteiger partial charge in [-0.2, -0.15) is 5.26 Å². The van der Waals surface area contributed by atoms with Crippen LogP contribution in [0, 0.1) is 17.1 Å². The Morgan fingerprint density at radius 3 is 2.71 bits per heavy atom. The van der Waals surface area contributed by atoms with Gasteiger partial charge in [-0.25, -0.2) is 9.37 Å². The Bertz CT molecular complexity index is 1260. The summed E-state index contributed by atoms with van der Waals surface area (Å²) in [5, 5.41) is 22.8. The van der Waals surface area contributed by atoms with Crippen molar-refractivity contribution in [1.29, 1.82) is 5.26 Å². The van der Waals surface area contributed by atoms with Gasteiger partial charge >= 0.3 is 0 Å². The van der Waals surface area contributed by atoms with Crippen LogP contribution in [0.25, 0.3) is 10.8 Å². The molecule has 0 amide bonds. The summed E-state index contributed by atoms with van der Waals surface area (Å²) >= 11 is 0. The number of fused-ring (bicyclic) bond motifs is 2. The Labute approximate surface area is 161 Å². The second kappa shape index (κ2) is 6.01. The molecule has 1 aromatic heterocycles. The number of rotatable bonds is 2. The maximum Gasteiger partial charge on any atom is 0.133 e. The summed E-state index contributed by atoms with van der Waals surface area (Å²) in [5.41, 5.74) is 0.830. The van der Waals surface area contributed by atoms with Crippen LogP contribution < -0.4 is 0 Å². The van der Waals surface area contributed by atoms with Gasteiger partial charge in [-0.05, 0) is 34.5 Å². The normalized spacial score (nSPS) is 20.8. The second-order valence-corrected chi connectivity index (χ2v) is 7.18. The van der Waals surface area contributed by atoms with Gasteiger partial charge in [0.2, 0.25) is 0 Å². The van der Waals surface area contributed by atoms with Crippen molar-refractivity contribution in [3.05, 3.63) is 101 Å². The zero-order chi connectivity index (χ0) is 19.3. The highest BCUT2D eigenvalue weighted by atomic mass is 19.1. The minimum atomic E-state index is -1.27. The fraction of sp³-hybridized carbons (Fsp3) is 0.130. The number of imidazole rings is 1. The first-order valence-corrected chi connectivity index (χ1v) is 9.04. The Hall–Kier alpha value is -3.49. The molecule has 3 aromatic carbocycles. The van der Waals surface area contributed by atoms with Crippen LogP contribution in [0.15, 0.2) is 73.2 Å². The molecule has 0 saturated carbocycles. The van der Waals surface area contributed by atoms with E-state index in [0.717, 1.165) is 16.3 Å². The number of benzene rings is 3. The Morgan fingerprint density at radius 2 is 1.93 bits per heavy atom. The average Bonchev–Trinajstić information content (AvgIpc) is 3.31. The molecule has 4 nitrogen and oxygen atoms in total. The monoisotopic (exact) mass is 369 g/mol. The lowest BCUT2D eigenvalue weighted by molar-refractivity contribution is 0.0794. The van der Waals surface area contributed by atoms with Crippen molar-refractivity contribution in [2.45, 2.75) is 18.1 Å². The van der Waals surface area contributed by atoms with E-state index < -0.39 is 17.5 Å². The molecule has 0 fully saturated rings. The number of hydrogen-bond acceptors (Lipinski definition) is 3. The minimum Gasteiger partial charge on any atom is -0.379 e. The third kappa shape index (κ3) is 2.35. The highest BCUT2D eigenvalue weighted by molar-refractivity contribution is 5.83. The van der Waals surface area contributed by atoms with Gasteiger partial charge < -0.3 is 9.67 Å². The quantitative estimate of drug-likeness (QED) is 0.574. The van der Waals surface area contributed by atoms with E-state index >= 15 is 0 Å². The summed E-state index contributed by atoms with van der Waals surface area (Å²) in [6, 6.07) is 19.8. The molecular formula is C23H16FN3O. The van der Waals surface area contributed by atoms with Crippen LogP contribution in [0.5, 0.6) is 0 Å². The molecule has 5 rings (SSSR count). The standard InChI is InChI=1S/C23H16FN3O/c24-20-9-15(12-25)5-8-19(20)21-11-23(28,22-13-26-14-27(21)22)18-7-6-16-3-1-2-4-17(16)10-18/h1-10,13-14,21,28H,11H2. The molecule has 1 aliphatic heterocycles. The topological polar surface area (TPSA) is 61.8 Å². The van der Waals surface area contributed by atoms with Gasteiger partial charge in [-0.3, -0.25) is 0 Å². The maximum atomic E-state index is 14.7. The van der Waals surface area contributed by atoms with Crippen LogP contribution >= 0.6 is 0 Å². The Kier molecular flexibility index (Phi) is 3.58. The predicted octanol–water partition coefficient (Wildman–Crippen LogP) is 4.28. The van der Waals surface area contributed by atoms with Gasteiger partial charge in [-0.1, -0.05) is 42.5 Å². The minimum absolute atomic E-state index is 0.273. The highest BCUT2D eigenvalue weighted by Gasteiger charge is 2.45. The molecule has 4 aromatic rings. The molecule has 136 valence electrons. The fourth-order valence-electron chi connectivity index (χ4n) is 4.20. The zero-order valence-corrected chi connectivity index (χ0v) is 14.9. The first-order chi connectivity index (χ1) is 13.6. The second-order valence-electron chi connectivity index (χ2n) is 7.18. The number of nitriles is 1. The highest BCUT2D eigenvalue weighted by Crippen LogP contribution is 2.47. The molecule has 0 saturated heterocycles. The molecule has 2 unspecified atom stereocenters. The van der Waals surface area contributed by atoms with Gasteiger partial charge in [0, 0.05) is 12.0 Å². The van der Waals surface area contributed by atoms with E-state index in [1.807, 2.05) is 53.1 Å². The van der Waals surface area contributed by atoms with Crippen molar-refractivity contribution in [2.24, 2.45) is 0 Å². The van der Waals surface area contributed by atoms with E-state index in [-0.39, 0.29) is 5.56 Å². The van der Waals surface area contributed by atoms with Crippen molar-refractivity contribution in [1.82, 2.24) is 9.55 Å². The summed E-state index contributed by atoms with van der Waals surface area (Å²) in [4.78, 5) is 4.19. The summed E-state index contributed by atoms with van der Waals surface area (Å²) in [7, 11) is 0. The van der Waals surface area contributed by atoms with Gasteiger partial charge in [0.1, 0.15) is 11.4 Å². The van der Waals surface area contributed by atoms with Crippen molar-refractivity contribution in [3.8, 4) is 6.07 Å². The summed E-state index contributed by atoms with van der Waals surface area (Å²) < 4.78 is 16.5. The molecule has 28 heavy (non-hydrogen) atoms.